The predicted molar refractivity (Wildman–Crippen MR) is 72.1 cm³/mol. The average Bonchev–Trinajstić information content (AvgIpc) is 2.77. The Balaban J connectivity index is 1.83. The van der Waals surface area contributed by atoms with Crippen molar-refractivity contribution in [3.8, 4) is 0 Å². The van der Waals surface area contributed by atoms with Crippen molar-refractivity contribution in [3.63, 3.8) is 0 Å². The number of benzene rings is 1. The molecule has 0 radical (unpaired) electrons. The summed E-state index contributed by atoms with van der Waals surface area (Å²) in [6.07, 6.45) is 1.27. The maximum Gasteiger partial charge on any atom is 0.304 e. The normalized spacial score (nSPS) is 19.2. The summed E-state index contributed by atoms with van der Waals surface area (Å²) in [4.78, 5) is 12.8. The molecule has 1 unspecified atom stereocenters. The molecule has 98 valence electrons. The van der Waals surface area contributed by atoms with Crippen molar-refractivity contribution < 1.29 is 9.90 Å². The number of rotatable bonds is 5. The van der Waals surface area contributed by atoms with Gasteiger partial charge in [0.05, 0.1) is 6.42 Å². The molecule has 4 heteroatoms. The Kier molecular flexibility index (Phi) is 4.20. The number of anilines is 1. The van der Waals surface area contributed by atoms with E-state index >= 15 is 0 Å². The molecular formula is C14H20N2O2. The van der Waals surface area contributed by atoms with Gasteiger partial charge in [-0.25, -0.2) is 0 Å². The van der Waals surface area contributed by atoms with Crippen LogP contribution in [-0.2, 0) is 4.79 Å². The van der Waals surface area contributed by atoms with Crippen LogP contribution in [0.1, 0.15) is 18.4 Å². The van der Waals surface area contributed by atoms with Gasteiger partial charge in [0.25, 0.3) is 0 Å². The number of carboxylic acid groups (broad SMARTS) is 1. The number of aryl methyl sites for hydroxylation is 1. The lowest BCUT2D eigenvalue weighted by atomic mass is 10.2. The molecule has 1 aromatic carbocycles. The molecule has 2 rings (SSSR count). The Morgan fingerprint density at radius 2 is 2.39 bits per heavy atom. The second-order valence-corrected chi connectivity index (χ2v) is 4.87. The van der Waals surface area contributed by atoms with E-state index in [-0.39, 0.29) is 6.42 Å². The van der Waals surface area contributed by atoms with Gasteiger partial charge in [-0.15, -0.1) is 0 Å². The number of hydrogen-bond acceptors (Lipinski definition) is 3. The smallest absolute Gasteiger partial charge is 0.304 e. The molecule has 18 heavy (non-hydrogen) atoms. The van der Waals surface area contributed by atoms with Crippen LogP contribution in [0, 0.1) is 6.92 Å². The molecule has 0 spiro atoms. The van der Waals surface area contributed by atoms with Crippen molar-refractivity contribution in [2.24, 2.45) is 0 Å². The zero-order chi connectivity index (χ0) is 13.0. The van der Waals surface area contributed by atoms with Crippen LogP contribution in [0.4, 0.5) is 5.69 Å². The third kappa shape index (κ3) is 3.47. The van der Waals surface area contributed by atoms with Gasteiger partial charge >= 0.3 is 5.97 Å². The minimum absolute atomic E-state index is 0.195. The van der Waals surface area contributed by atoms with Crippen LogP contribution < -0.4 is 10.2 Å². The fourth-order valence-corrected chi connectivity index (χ4v) is 2.37. The average molecular weight is 248 g/mol. The maximum atomic E-state index is 10.4. The summed E-state index contributed by atoms with van der Waals surface area (Å²) in [5.74, 6) is -0.740. The lowest BCUT2D eigenvalue weighted by Gasteiger charge is -2.19. The number of nitrogens with zero attached hydrogens (tertiary/aromatic N) is 1. The largest absolute Gasteiger partial charge is 0.481 e. The second kappa shape index (κ2) is 5.87. The van der Waals surface area contributed by atoms with Gasteiger partial charge < -0.3 is 15.3 Å². The number of aliphatic carboxylic acids is 1. The number of carbonyl (C=O) groups is 1. The fourth-order valence-electron chi connectivity index (χ4n) is 2.37. The predicted octanol–water partition coefficient (Wildman–Crippen LogP) is 1.64. The van der Waals surface area contributed by atoms with Gasteiger partial charge in [0.15, 0.2) is 0 Å². The van der Waals surface area contributed by atoms with Crippen molar-refractivity contribution in [1.82, 2.24) is 5.32 Å². The summed E-state index contributed by atoms with van der Waals surface area (Å²) in [7, 11) is 0. The van der Waals surface area contributed by atoms with E-state index in [0.717, 1.165) is 19.5 Å². The molecule has 0 aliphatic carbocycles. The first kappa shape index (κ1) is 12.9. The molecule has 1 saturated heterocycles. The van der Waals surface area contributed by atoms with Crippen LogP contribution in [0.5, 0.6) is 0 Å². The Labute approximate surface area is 108 Å². The molecule has 1 aliphatic heterocycles. The van der Waals surface area contributed by atoms with Crippen LogP contribution >= 0.6 is 0 Å². The highest BCUT2D eigenvalue weighted by atomic mass is 16.4. The standard InChI is InChI=1S/C14H20N2O2/c1-11-3-2-4-13(9-11)16-8-6-12(10-16)15-7-5-14(17)18/h2-4,9,12,15H,5-8,10H2,1H3,(H,17,18). The van der Waals surface area contributed by atoms with Gasteiger partial charge in [-0.2, -0.15) is 0 Å². The fraction of sp³-hybridized carbons (Fsp3) is 0.500. The van der Waals surface area contributed by atoms with Crippen LogP contribution in [0.2, 0.25) is 0 Å². The molecule has 0 amide bonds. The van der Waals surface area contributed by atoms with Gasteiger partial charge in [0, 0.05) is 31.4 Å². The Bertz CT molecular complexity index is 420. The quantitative estimate of drug-likeness (QED) is 0.831. The topological polar surface area (TPSA) is 52.6 Å². The second-order valence-electron chi connectivity index (χ2n) is 4.87. The zero-order valence-electron chi connectivity index (χ0n) is 10.7. The van der Waals surface area contributed by atoms with E-state index in [4.69, 9.17) is 5.11 Å². The lowest BCUT2D eigenvalue weighted by molar-refractivity contribution is -0.136. The maximum absolute atomic E-state index is 10.4. The van der Waals surface area contributed by atoms with Gasteiger partial charge in [0.1, 0.15) is 0 Å². The number of nitrogens with one attached hydrogen (secondary N) is 1. The third-order valence-corrected chi connectivity index (χ3v) is 3.33. The molecule has 1 fully saturated rings. The van der Waals surface area contributed by atoms with E-state index in [1.54, 1.807) is 0 Å². The molecule has 4 nitrogen and oxygen atoms in total. The minimum Gasteiger partial charge on any atom is -0.481 e. The molecule has 1 atom stereocenters. The van der Waals surface area contributed by atoms with Crippen molar-refractivity contribution in [2.75, 3.05) is 24.5 Å². The van der Waals surface area contributed by atoms with Crippen LogP contribution in [0.3, 0.4) is 0 Å². The number of hydrogen-bond donors (Lipinski definition) is 2. The first-order chi connectivity index (χ1) is 8.65. The van der Waals surface area contributed by atoms with Gasteiger partial charge in [-0.3, -0.25) is 4.79 Å². The summed E-state index contributed by atoms with van der Waals surface area (Å²) in [5, 5.41) is 11.9. The Morgan fingerprint density at radius 3 is 3.11 bits per heavy atom. The van der Waals surface area contributed by atoms with E-state index in [2.05, 4.69) is 41.4 Å². The van der Waals surface area contributed by atoms with Gasteiger partial charge in [-0.1, -0.05) is 12.1 Å². The summed E-state index contributed by atoms with van der Waals surface area (Å²) in [6, 6.07) is 8.91. The summed E-state index contributed by atoms with van der Waals surface area (Å²) >= 11 is 0. The highest BCUT2D eigenvalue weighted by Crippen LogP contribution is 2.21. The summed E-state index contributed by atoms with van der Waals surface area (Å²) in [6.45, 7) is 4.65. The Hall–Kier alpha value is -1.55. The third-order valence-electron chi connectivity index (χ3n) is 3.33. The van der Waals surface area contributed by atoms with E-state index in [1.165, 1.54) is 11.3 Å². The van der Waals surface area contributed by atoms with Gasteiger partial charge in [0.2, 0.25) is 0 Å². The monoisotopic (exact) mass is 248 g/mol. The van der Waals surface area contributed by atoms with E-state index in [1.807, 2.05) is 0 Å². The Morgan fingerprint density at radius 1 is 1.56 bits per heavy atom. The molecule has 1 aliphatic rings. The zero-order valence-corrected chi connectivity index (χ0v) is 10.7. The molecular weight excluding hydrogens is 228 g/mol. The number of carboxylic acids is 1. The molecule has 2 N–H and O–H groups in total. The van der Waals surface area contributed by atoms with Crippen molar-refractivity contribution in [1.29, 1.82) is 0 Å². The van der Waals surface area contributed by atoms with E-state index in [9.17, 15) is 4.79 Å². The van der Waals surface area contributed by atoms with Crippen LogP contribution in [0.25, 0.3) is 0 Å². The van der Waals surface area contributed by atoms with E-state index < -0.39 is 5.97 Å². The molecule has 0 aromatic heterocycles. The SMILES string of the molecule is Cc1cccc(N2CCC(NCCC(=O)O)C2)c1. The summed E-state index contributed by atoms with van der Waals surface area (Å²) in [5.41, 5.74) is 2.53. The first-order valence-electron chi connectivity index (χ1n) is 6.42. The van der Waals surface area contributed by atoms with Crippen LogP contribution in [-0.4, -0.2) is 36.8 Å². The summed E-state index contributed by atoms with van der Waals surface area (Å²) < 4.78 is 0. The molecule has 0 bridgehead atoms. The van der Waals surface area contributed by atoms with Crippen LogP contribution in [0.15, 0.2) is 24.3 Å². The van der Waals surface area contributed by atoms with Crippen molar-refractivity contribution in [3.05, 3.63) is 29.8 Å². The highest BCUT2D eigenvalue weighted by Gasteiger charge is 2.22. The van der Waals surface area contributed by atoms with E-state index in [0.29, 0.717) is 12.6 Å². The lowest BCUT2D eigenvalue weighted by Crippen LogP contribution is -2.33. The molecule has 1 aromatic rings. The highest BCUT2D eigenvalue weighted by molar-refractivity contribution is 5.66. The molecule has 1 heterocycles. The van der Waals surface area contributed by atoms with Gasteiger partial charge in [-0.05, 0) is 31.0 Å². The molecule has 0 saturated carbocycles. The minimum atomic E-state index is -0.740. The van der Waals surface area contributed by atoms with Crippen molar-refractivity contribution in [2.45, 2.75) is 25.8 Å². The first-order valence-corrected chi connectivity index (χ1v) is 6.42. The van der Waals surface area contributed by atoms with Crippen molar-refractivity contribution >= 4 is 11.7 Å².